The van der Waals surface area contributed by atoms with E-state index in [1.807, 2.05) is 20.8 Å². The number of cyclic esters (lactones) is 1. The van der Waals surface area contributed by atoms with Crippen LogP contribution >= 0.6 is 0 Å². The van der Waals surface area contributed by atoms with Gasteiger partial charge in [-0.1, -0.05) is 0 Å². The van der Waals surface area contributed by atoms with Gasteiger partial charge in [-0.3, -0.25) is 4.90 Å². The lowest BCUT2D eigenvalue weighted by Crippen LogP contribution is -2.51. The van der Waals surface area contributed by atoms with Crippen LogP contribution in [-0.2, 0) is 19.0 Å². The van der Waals surface area contributed by atoms with Crippen LogP contribution < -0.4 is 9.64 Å². The Morgan fingerprint density at radius 3 is 2.53 bits per heavy atom. The molecule has 1 aromatic rings. The van der Waals surface area contributed by atoms with Gasteiger partial charge in [0.15, 0.2) is 6.61 Å². The van der Waals surface area contributed by atoms with Gasteiger partial charge in [-0.15, -0.1) is 0 Å². The molecule has 0 aliphatic carbocycles. The van der Waals surface area contributed by atoms with Crippen LogP contribution in [0.15, 0.2) is 12.1 Å². The molecule has 14 nitrogen and oxygen atoms in total. The van der Waals surface area contributed by atoms with Gasteiger partial charge < -0.3 is 34.0 Å². The number of amides is 2. The predicted octanol–water partition coefficient (Wildman–Crippen LogP) is 1.81. The lowest BCUT2D eigenvalue weighted by Gasteiger charge is -2.36. The Bertz CT molecular complexity index is 989. The monoisotopic (exact) mass is 509 g/mol. The maximum absolute atomic E-state index is 12.5. The van der Waals surface area contributed by atoms with Gasteiger partial charge in [-0.25, -0.2) is 19.3 Å². The van der Waals surface area contributed by atoms with E-state index >= 15 is 0 Å². The lowest BCUT2D eigenvalue weighted by molar-refractivity contribution is -0.390. The Kier molecular flexibility index (Phi) is 8.50. The van der Waals surface area contributed by atoms with Crippen LogP contribution in [0, 0.1) is 10.1 Å². The summed E-state index contributed by atoms with van der Waals surface area (Å²) in [4.78, 5) is 55.8. The summed E-state index contributed by atoms with van der Waals surface area (Å²) in [6.45, 7) is 9.45. The van der Waals surface area contributed by atoms with Gasteiger partial charge in [0.25, 0.3) is 5.82 Å². The number of hydrogen-bond donors (Lipinski definition) is 0. The Morgan fingerprint density at radius 2 is 1.92 bits per heavy atom. The Morgan fingerprint density at radius 1 is 1.22 bits per heavy atom. The van der Waals surface area contributed by atoms with Crippen LogP contribution in [0.4, 0.5) is 21.2 Å². The average molecular weight is 510 g/mol. The normalized spacial score (nSPS) is 18.6. The lowest BCUT2D eigenvalue weighted by atomic mass is 10.2. The highest BCUT2D eigenvalue weighted by molar-refractivity contribution is 5.88. The molecule has 0 radical (unpaired) electrons. The van der Waals surface area contributed by atoms with E-state index in [4.69, 9.17) is 18.9 Å². The van der Waals surface area contributed by atoms with Crippen molar-refractivity contribution < 1.29 is 38.3 Å². The molecular formula is C22H31N5O9. The van der Waals surface area contributed by atoms with Crippen molar-refractivity contribution in [1.82, 2.24) is 14.8 Å². The molecular weight excluding hydrogens is 478 g/mol. The van der Waals surface area contributed by atoms with Crippen LogP contribution in [0.1, 0.15) is 27.7 Å². The minimum absolute atomic E-state index is 0.0347. The number of esters is 1. The minimum atomic E-state index is -0.757. The number of ether oxygens (including phenoxy) is 4. The van der Waals surface area contributed by atoms with Gasteiger partial charge in [0.1, 0.15) is 11.7 Å². The number of carbonyl (C=O) groups is 3. The number of aromatic nitrogens is 1. The van der Waals surface area contributed by atoms with E-state index in [2.05, 4.69) is 9.88 Å². The summed E-state index contributed by atoms with van der Waals surface area (Å²) in [6, 6.07) is 2.66. The van der Waals surface area contributed by atoms with E-state index in [0.29, 0.717) is 32.7 Å². The summed E-state index contributed by atoms with van der Waals surface area (Å²) in [5.74, 6) is -1.49. The number of pyridine rings is 1. The molecule has 2 fully saturated rings. The molecule has 0 aromatic carbocycles. The SMILES string of the molecule is CCOC(=O)COc1ccc(N2C[C@@H](CN3CCN(C(=O)OC(C)(C)C)CC3)OC2=O)nc1[N+](=O)[O-]. The third-order valence-corrected chi connectivity index (χ3v) is 5.28. The highest BCUT2D eigenvalue weighted by atomic mass is 16.6. The fourth-order valence-corrected chi connectivity index (χ4v) is 3.69. The van der Waals surface area contributed by atoms with Crippen molar-refractivity contribution in [3.05, 3.63) is 22.2 Å². The fraction of sp³-hybridized carbons (Fsp3) is 0.636. The molecule has 0 spiro atoms. The maximum Gasteiger partial charge on any atom is 0.417 e. The molecule has 2 aliphatic heterocycles. The molecule has 3 heterocycles. The summed E-state index contributed by atoms with van der Waals surface area (Å²) < 4.78 is 20.8. The molecule has 0 unspecified atom stereocenters. The first-order valence-electron chi connectivity index (χ1n) is 11.6. The van der Waals surface area contributed by atoms with Gasteiger partial charge in [-0.05, 0) is 43.7 Å². The first-order chi connectivity index (χ1) is 17.0. The molecule has 1 aromatic heterocycles. The average Bonchev–Trinajstić information content (AvgIpc) is 3.16. The zero-order valence-corrected chi connectivity index (χ0v) is 20.8. The van der Waals surface area contributed by atoms with Crippen molar-refractivity contribution in [3.8, 4) is 5.75 Å². The third-order valence-electron chi connectivity index (χ3n) is 5.28. The van der Waals surface area contributed by atoms with Gasteiger partial charge in [0.2, 0.25) is 5.75 Å². The molecule has 2 amide bonds. The van der Waals surface area contributed by atoms with Crippen molar-refractivity contribution >= 4 is 29.8 Å². The van der Waals surface area contributed by atoms with Crippen LogP contribution in [0.3, 0.4) is 0 Å². The van der Waals surface area contributed by atoms with Crippen LogP contribution in [0.5, 0.6) is 5.75 Å². The first-order valence-corrected chi connectivity index (χ1v) is 11.6. The third kappa shape index (κ3) is 7.16. The van der Waals surface area contributed by atoms with Gasteiger partial charge in [0.05, 0.1) is 13.2 Å². The van der Waals surface area contributed by atoms with Gasteiger partial charge in [0, 0.05) is 38.8 Å². The largest absolute Gasteiger partial charge is 0.474 e. The van der Waals surface area contributed by atoms with Crippen molar-refractivity contribution in [2.75, 3.05) is 57.4 Å². The van der Waals surface area contributed by atoms with Crippen molar-refractivity contribution in [1.29, 1.82) is 0 Å². The summed E-state index contributed by atoms with van der Waals surface area (Å²) in [7, 11) is 0. The Labute approximate surface area is 208 Å². The van der Waals surface area contributed by atoms with Gasteiger partial charge >= 0.3 is 24.0 Å². The number of piperazine rings is 1. The van der Waals surface area contributed by atoms with E-state index in [-0.39, 0.29) is 30.8 Å². The summed E-state index contributed by atoms with van der Waals surface area (Å²) in [5.41, 5.74) is -0.565. The van der Waals surface area contributed by atoms with Crippen molar-refractivity contribution in [2.24, 2.45) is 0 Å². The standard InChI is InChI=1S/C22H31N5O9/c1-5-33-18(28)14-34-16-6-7-17(23-19(16)27(31)32)26-13-15(35-21(26)30)12-24-8-10-25(11-9-24)20(29)36-22(2,3)4/h6-7,15H,5,8-14H2,1-4H3/t15-/m1/s1. The quantitative estimate of drug-likeness (QED) is 0.218. The Balaban J connectivity index is 1.57. The number of nitro groups is 1. The van der Waals surface area contributed by atoms with E-state index < -0.39 is 41.1 Å². The molecule has 2 aliphatic rings. The second kappa shape index (κ2) is 11.4. The molecule has 36 heavy (non-hydrogen) atoms. The number of nitrogens with zero attached hydrogens (tertiary/aromatic N) is 5. The number of rotatable bonds is 8. The van der Waals surface area contributed by atoms with Crippen LogP contribution in [0.25, 0.3) is 0 Å². The predicted molar refractivity (Wildman–Crippen MR) is 125 cm³/mol. The number of hydrogen-bond acceptors (Lipinski definition) is 11. The zero-order chi connectivity index (χ0) is 26.5. The first kappa shape index (κ1) is 26.9. The summed E-state index contributed by atoms with van der Waals surface area (Å²) in [5, 5.41) is 11.5. The molecule has 3 rings (SSSR count). The van der Waals surface area contributed by atoms with Gasteiger partial charge in [-0.2, -0.15) is 0 Å². The molecule has 14 heteroatoms. The molecule has 0 bridgehead atoms. The number of carbonyl (C=O) groups excluding carboxylic acids is 3. The second-order valence-electron chi connectivity index (χ2n) is 9.23. The van der Waals surface area contributed by atoms with E-state index in [0.717, 1.165) is 0 Å². The van der Waals surface area contributed by atoms with E-state index in [1.54, 1.807) is 11.8 Å². The van der Waals surface area contributed by atoms with E-state index in [9.17, 15) is 24.5 Å². The molecule has 0 N–H and O–H groups in total. The Hall–Kier alpha value is -3.68. The summed E-state index contributed by atoms with van der Waals surface area (Å²) >= 11 is 0. The number of anilines is 1. The summed E-state index contributed by atoms with van der Waals surface area (Å²) in [6.07, 6.45) is -1.51. The second-order valence-corrected chi connectivity index (χ2v) is 9.23. The molecule has 198 valence electrons. The smallest absolute Gasteiger partial charge is 0.417 e. The van der Waals surface area contributed by atoms with Crippen molar-refractivity contribution in [2.45, 2.75) is 39.4 Å². The maximum atomic E-state index is 12.5. The van der Waals surface area contributed by atoms with E-state index in [1.165, 1.54) is 17.0 Å². The van der Waals surface area contributed by atoms with Crippen molar-refractivity contribution in [3.63, 3.8) is 0 Å². The van der Waals surface area contributed by atoms with Crippen LogP contribution in [0.2, 0.25) is 0 Å². The molecule has 1 atom stereocenters. The van der Waals surface area contributed by atoms with Crippen LogP contribution in [-0.4, -0.2) is 102 Å². The molecule has 2 saturated heterocycles. The minimum Gasteiger partial charge on any atom is -0.474 e. The topological polar surface area (TPSA) is 154 Å². The fourth-order valence-electron chi connectivity index (χ4n) is 3.69. The highest BCUT2D eigenvalue weighted by Crippen LogP contribution is 2.30. The highest BCUT2D eigenvalue weighted by Gasteiger charge is 2.38. The zero-order valence-electron chi connectivity index (χ0n) is 20.8. The molecule has 0 saturated carbocycles.